The molecule has 2 aromatic carbocycles. The van der Waals surface area contributed by atoms with Crippen LogP contribution in [0.4, 0.5) is 13.2 Å². The molecule has 1 atom stereocenters. The Morgan fingerprint density at radius 1 is 0.933 bits per heavy atom. The first kappa shape index (κ1) is 41.8. The Balaban J connectivity index is 0.825. The number of carbonyl (C=O) groups is 2. The second kappa shape index (κ2) is 18.0. The molecule has 3 aromatic heterocycles. The number of nitrogens with zero attached hydrogens (tertiary/aromatic N) is 7. The van der Waals surface area contributed by atoms with Crippen molar-refractivity contribution in [2.45, 2.75) is 102 Å². The molecule has 0 unspecified atom stereocenters. The van der Waals surface area contributed by atoms with E-state index in [4.69, 9.17) is 9.72 Å². The standard InChI is InChI=1S/C44H53F3N8O5/c1-51-40-31(5-2-6-36(40)55(43(51)59)37-16-17-39(57)50-42(37)58)28-60-24-4-19-52-20-22-53(23-21-52)26-29-8-10-30(11-9-29)35-27-54(32-12-14-33(56)15-13-32)41-34(35)25-48-38(49-41)7-3-18-44(45,46)47/h2,5-6,8-11,25,27,32-33,37,56H,3-4,7,12-24,26,28H2,1H3,(H,50,57,58)/t32-,33-,37-/m0/s1. The van der Waals surface area contributed by atoms with Crippen LogP contribution in [0.3, 0.4) is 0 Å². The molecule has 2 aliphatic heterocycles. The van der Waals surface area contributed by atoms with Crippen molar-refractivity contribution in [1.82, 2.24) is 38.8 Å². The van der Waals surface area contributed by atoms with Gasteiger partial charge >= 0.3 is 11.9 Å². The number of hydrogen-bond acceptors (Lipinski definition) is 9. The van der Waals surface area contributed by atoms with E-state index < -0.39 is 24.5 Å². The number of para-hydroxylation sites is 1. The molecule has 16 heteroatoms. The van der Waals surface area contributed by atoms with Gasteiger partial charge in [0.1, 0.15) is 17.5 Å². The maximum Gasteiger partial charge on any atom is 0.389 e. The minimum absolute atomic E-state index is 0.0532. The first-order valence-corrected chi connectivity index (χ1v) is 21.2. The summed E-state index contributed by atoms with van der Waals surface area (Å²) in [5, 5.41) is 13.4. The molecular weight excluding hydrogens is 778 g/mol. The number of imide groups is 1. The number of amides is 2. The summed E-state index contributed by atoms with van der Waals surface area (Å²) in [5.74, 6) is -0.356. The van der Waals surface area contributed by atoms with E-state index in [2.05, 4.69) is 55.1 Å². The van der Waals surface area contributed by atoms with Crippen molar-refractivity contribution in [2.75, 3.05) is 39.3 Å². The molecule has 2 saturated heterocycles. The number of aryl methyl sites for hydroxylation is 2. The number of rotatable bonds is 14. The van der Waals surface area contributed by atoms with Gasteiger partial charge in [-0.15, -0.1) is 0 Å². The van der Waals surface area contributed by atoms with Crippen LogP contribution in [0.25, 0.3) is 33.2 Å². The molecule has 8 rings (SSSR count). The second-order valence-corrected chi connectivity index (χ2v) is 16.6. The van der Waals surface area contributed by atoms with Crippen LogP contribution in [0.15, 0.2) is 59.7 Å². The molecular formula is C44H53F3N8O5. The predicted octanol–water partition coefficient (Wildman–Crippen LogP) is 5.81. The third kappa shape index (κ3) is 9.36. The van der Waals surface area contributed by atoms with Gasteiger partial charge in [0.05, 0.1) is 23.7 Å². The molecule has 0 radical (unpaired) electrons. The average Bonchev–Trinajstić information content (AvgIpc) is 3.72. The number of aromatic nitrogens is 5. The smallest absolute Gasteiger partial charge is 0.389 e. The highest BCUT2D eigenvalue weighted by atomic mass is 19.4. The zero-order valence-corrected chi connectivity index (χ0v) is 34.0. The van der Waals surface area contributed by atoms with Crippen molar-refractivity contribution < 1.29 is 32.6 Å². The fourth-order valence-electron chi connectivity index (χ4n) is 9.13. The molecule has 320 valence electrons. The van der Waals surface area contributed by atoms with E-state index in [-0.39, 0.29) is 49.4 Å². The first-order valence-electron chi connectivity index (χ1n) is 21.2. The fourth-order valence-corrected chi connectivity index (χ4v) is 9.13. The SMILES string of the molecule is Cn1c(=O)n([C@H]2CCC(=O)NC2=O)c2cccc(COCCCN3CCN(Cc4ccc(-c5cn([C@H]6CC[C@H](O)CC6)c6nc(CCCC(F)(F)F)ncc56)cc4)CC3)c21. The number of ether oxygens (including phenoxy) is 1. The Morgan fingerprint density at radius 3 is 2.42 bits per heavy atom. The zero-order valence-electron chi connectivity index (χ0n) is 34.0. The number of imidazole rings is 1. The summed E-state index contributed by atoms with van der Waals surface area (Å²) in [5.41, 5.74) is 5.94. The number of aliphatic hydroxyl groups excluding tert-OH is 1. The van der Waals surface area contributed by atoms with E-state index in [1.807, 2.05) is 18.2 Å². The van der Waals surface area contributed by atoms with Crippen LogP contribution in [0, 0.1) is 0 Å². The van der Waals surface area contributed by atoms with Gasteiger partial charge in [0.15, 0.2) is 0 Å². The topological polar surface area (TPSA) is 140 Å². The number of nitrogens with one attached hydrogen (secondary N) is 1. The molecule has 13 nitrogen and oxygen atoms in total. The third-order valence-corrected chi connectivity index (χ3v) is 12.4. The van der Waals surface area contributed by atoms with E-state index in [0.29, 0.717) is 37.4 Å². The first-order chi connectivity index (χ1) is 28.9. The minimum Gasteiger partial charge on any atom is -0.393 e. The maximum absolute atomic E-state index is 13.2. The molecule has 0 bridgehead atoms. The number of alkyl halides is 3. The van der Waals surface area contributed by atoms with Crippen molar-refractivity contribution in [3.05, 3.63) is 82.3 Å². The van der Waals surface area contributed by atoms with Gasteiger partial charge < -0.3 is 19.3 Å². The lowest BCUT2D eigenvalue weighted by molar-refractivity contribution is -0.136. The molecule has 5 heterocycles. The molecule has 1 saturated carbocycles. The Bertz CT molecular complexity index is 2370. The Labute approximate surface area is 346 Å². The van der Waals surface area contributed by atoms with Gasteiger partial charge in [-0.2, -0.15) is 13.2 Å². The summed E-state index contributed by atoms with van der Waals surface area (Å²) in [4.78, 5) is 51.7. The third-order valence-electron chi connectivity index (χ3n) is 12.4. The van der Waals surface area contributed by atoms with Crippen molar-refractivity contribution in [2.24, 2.45) is 7.05 Å². The number of piperidine rings is 1. The Hall–Kier alpha value is -4.90. The summed E-state index contributed by atoms with van der Waals surface area (Å²) in [7, 11) is 1.70. The van der Waals surface area contributed by atoms with Crippen LogP contribution in [0.2, 0.25) is 0 Å². The van der Waals surface area contributed by atoms with Crippen LogP contribution in [0.5, 0.6) is 0 Å². The Morgan fingerprint density at radius 2 is 1.68 bits per heavy atom. The van der Waals surface area contributed by atoms with Crippen molar-refractivity contribution >= 4 is 33.9 Å². The number of halogens is 3. The van der Waals surface area contributed by atoms with Gasteiger partial charge in [-0.25, -0.2) is 14.8 Å². The summed E-state index contributed by atoms with van der Waals surface area (Å²) < 4.78 is 49.8. The number of carbonyl (C=O) groups excluding carboxylic acids is 2. The van der Waals surface area contributed by atoms with Gasteiger partial charge in [-0.05, 0) is 62.1 Å². The van der Waals surface area contributed by atoms with Gasteiger partial charge in [0.2, 0.25) is 11.8 Å². The predicted molar refractivity (Wildman–Crippen MR) is 220 cm³/mol. The second-order valence-electron chi connectivity index (χ2n) is 16.6. The highest BCUT2D eigenvalue weighted by molar-refractivity contribution is 6.00. The van der Waals surface area contributed by atoms with Crippen LogP contribution in [-0.4, -0.2) is 102 Å². The Kier molecular flexibility index (Phi) is 12.5. The number of hydrogen-bond donors (Lipinski definition) is 2. The van der Waals surface area contributed by atoms with Gasteiger partial charge in [-0.3, -0.25) is 28.9 Å². The quantitative estimate of drug-likeness (QED) is 0.105. The number of aliphatic hydroxyl groups is 1. The largest absolute Gasteiger partial charge is 0.393 e. The van der Waals surface area contributed by atoms with Crippen LogP contribution < -0.4 is 11.0 Å². The van der Waals surface area contributed by atoms with Crippen LogP contribution >= 0.6 is 0 Å². The van der Waals surface area contributed by atoms with Gasteiger partial charge in [-0.1, -0.05) is 36.4 Å². The van der Waals surface area contributed by atoms with Gasteiger partial charge in [0.25, 0.3) is 0 Å². The zero-order chi connectivity index (χ0) is 42.0. The van der Waals surface area contributed by atoms with Crippen molar-refractivity contribution in [3.63, 3.8) is 0 Å². The van der Waals surface area contributed by atoms with Gasteiger partial charge in [0, 0.05) is 107 Å². The van der Waals surface area contributed by atoms with Crippen LogP contribution in [0.1, 0.15) is 86.8 Å². The molecule has 3 fully saturated rings. The average molecular weight is 831 g/mol. The van der Waals surface area contributed by atoms with E-state index >= 15 is 0 Å². The summed E-state index contributed by atoms with van der Waals surface area (Å²) in [6.45, 7) is 6.50. The summed E-state index contributed by atoms with van der Waals surface area (Å²) >= 11 is 0. The highest BCUT2D eigenvalue weighted by Gasteiger charge is 2.32. The van der Waals surface area contributed by atoms with Crippen molar-refractivity contribution in [1.29, 1.82) is 0 Å². The van der Waals surface area contributed by atoms with E-state index in [1.54, 1.807) is 17.8 Å². The molecule has 0 spiro atoms. The number of piperazine rings is 1. The van der Waals surface area contributed by atoms with Crippen molar-refractivity contribution in [3.8, 4) is 11.1 Å². The molecule has 5 aromatic rings. The lowest BCUT2D eigenvalue weighted by atomic mass is 9.93. The molecule has 1 aliphatic carbocycles. The number of benzene rings is 2. The maximum atomic E-state index is 13.2. The molecule has 2 amide bonds. The lowest BCUT2D eigenvalue weighted by Crippen LogP contribution is -2.46. The fraction of sp³-hybridized carbons (Fsp3) is 0.523. The normalized spacial score (nSPS) is 21.0. The summed E-state index contributed by atoms with van der Waals surface area (Å²) in [6, 6.07) is 13.6. The number of fused-ring (bicyclic) bond motifs is 2. The minimum atomic E-state index is -4.21. The molecule has 3 aliphatic rings. The monoisotopic (exact) mass is 830 g/mol. The van der Waals surface area contributed by atoms with E-state index in [9.17, 15) is 32.7 Å². The highest BCUT2D eigenvalue weighted by Crippen LogP contribution is 2.37. The molecule has 2 N–H and O–H groups in total. The lowest BCUT2D eigenvalue weighted by Gasteiger charge is -2.34. The molecule has 60 heavy (non-hydrogen) atoms. The van der Waals surface area contributed by atoms with Crippen LogP contribution in [-0.2, 0) is 40.9 Å². The van der Waals surface area contributed by atoms with E-state index in [1.165, 1.54) is 10.1 Å². The summed E-state index contributed by atoms with van der Waals surface area (Å²) in [6.07, 6.45) is 2.98. The van der Waals surface area contributed by atoms with E-state index in [0.717, 1.165) is 91.8 Å².